The molecule has 2 N–H and O–H groups in total. The molecule has 1 aromatic heterocycles. The van der Waals surface area contributed by atoms with Gasteiger partial charge in [0.2, 0.25) is 5.16 Å². The molecule has 0 aliphatic rings. The van der Waals surface area contributed by atoms with E-state index in [2.05, 4.69) is 10.2 Å². The first-order valence-electron chi connectivity index (χ1n) is 7.95. The zero-order chi connectivity index (χ0) is 19.4. The van der Waals surface area contributed by atoms with Crippen LogP contribution in [0.15, 0.2) is 41.6 Å². The highest BCUT2D eigenvalue weighted by molar-refractivity contribution is 7.98. The van der Waals surface area contributed by atoms with Gasteiger partial charge in [-0.25, -0.2) is 4.68 Å². The van der Waals surface area contributed by atoms with Gasteiger partial charge in [-0.3, -0.25) is 0 Å². The van der Waals surface area contributed by atoms with Crippen molar-refractivity contribution in [2.45, 2.75) is 10.9 Å². The van der Waals surface area contributed by atoms with Crippen molar-refractivity contribution in [2.24, 2.45) is 0 Å². The van der Waals surface area contributed by atoms with E-state index >= 15 is 0 Å². The van der Waals surface area contributed by atoms with Crippen LogP contribution in [-0.4, -0.2) is 36.2 Å². The average molecular weight is 407 g/mol. The highest BCUT2D eigenvalue weighted by Crippen LogP contribution is 2.34. The smallest absolute Gasteiger partial charge is 0.210 e. The number of hydrogen-bond acceptors (Lipinski definition) is 7. The van der Waals surface area contributed by atoms with E-state index in [4.69, 9.17) is 31.7 Å². The monoisotopic (exact) mass is 406 g/mol. The Morgan fingerprint density at radius 3 is 2.48 bits per heavy atom. The minimum Gasteiger partial charge on any atom is -0.497 e. The van der Waals surface area contributed by atoms with E-state index in [1.54, 1.807) is 33.5 Å². The van der Waals surface area contributed by atoms with Gasteiger partial charge in [0.1, 0.15) is 17.2 Å². The van der Waals surface area contributed by atoms with Gasteiger partial charge < -0.3 is 20.1 Å². The molecular weight excluding hydrogens is 388 g/mol. The summed E-state index contributed by atoms with van der Waals surface area (Å²) in [5.41, 5.74) is 1.67. The molecule has 0 saturated carbocycles. The van der Waals surface area contributed by atoms with Crippen molar-refractivity contribution in [3.8, 4) is 28.6 Å². The average Bonchev–Trinajstić information content (AvgIpc) is 3.06. The fourth-order valence-corrected chi connectivity index (χ4v) is 3.57. The van der Waals surface area contributed by atoms with E-state index in [0.29, 0.717) is 33.3 Å². The second-order valence-corrected chi connectivity index (χ2v) is 6.87. The topological polar surface area (TPSA) is 84.4 Å². The predicted molar refractivity (Wildman–Crippen MR) is 106 cm³/mol. The fourth-order valence-electron chi connectivity index (χ4n) is 2.54. The number of nitrogens with zero attached hydrogens (tertiary/aromatic N) is 3. The van der Waals surface area contributed by atoms with Crippen LogP contribution < -0.4 is 20.1 Å². The van der Waals surface area contributed by atoms with Crippen molar-refractivity contribution < 1.29 is 14.2 Å². The zero-order valence-corrected chi connectivity index (χ0v) is 16.7. The highest BCUT2D eigenvalue weighted by Gasteiger charge is 2.17. The molecule has 0 radical (unpaired) electrons. The molecule has 0 bridgehead atoms. The van der Waals surface area contributed by atoms with Crippen LogP contribution in [0, 0.1) is 0 Å². The molecule has 0 spiro atoms. The number of aromatic nitrogens is 3. The van der Waals surface area contributed by atoms with Crippen LogP contribution in [0.1, 0.15) is 5.56 Å². The molecule has 3 aromatic rings. The van der Waals surface area contributed by atoms with E-state index in [9.17, 15) is 0 Å². The summed E-state index contributed by atoms with van der Waals surface area (Å²) in [4.78, 5) is 0. The Labute approximate surface area is 166 Å². The van der Waals surface area contributed by atoms with Gasteiger partial charge in [-0.2, -0.15) is 0 Å². The number of halogens is 1. The zero-order valence-electron chi connectivity index (χ0n) is 15.1. The van der Waals surface area contributed by atoms with Crippen LogP contribution in [-0.2, 0) is 5.75 Å². The number of rotatable bonds is 7. The third-order valence-electron chi connectivity index (χ3n) is 3.91. The number of thioether (sulfide) groups is 1. The van der Waals surface area contributed by atoms with Crippen LogP contribution >= 0.6 is 23.4 Å². The Morgan fingerprint density at radius 1 is 1.00 bits per heavy atom. The maximum Gasteiger partial charge on any atom is 0.210 e. The van der Waals surface area contributed by atoms with Crippen LogP contribution in [0.3, 0.4) is 0 Å². The van der Waals surface area contributed by atoms with Crippen molar-refractivity contribution in [3.63, 3.8) is 0 Å². The summed E-state index contributed by atoms with van der Waals surface area (Å²) in [5.74, 6) is 9.34. The minimum absolute atomic E-state index is 0.495. The van der Waals surface area contributed by atoms with Crippen molar-refractivity contribution in [3.05, 3.63) is 47.0 Å². The summed E-state index contributed by atoms with van der Waals surface area (Å²) >= 11 is 7.52. The molecule has 0 aliphatic carbocycles. The van der Waals surface area contributed by atoms with Crippen molar-refractivity contribution in [1.82, 2.24) is 14.9 Å². The maximum absolute atomic E-state index is 6.22. The highest BCUT2D eigenvalue weighted by atomic mass is 35.5. The van der Waals surface area contributed by atoms with Gasteiger partial charge in [-0.05, 0) is 30.3 Å². The third kappa shape index (κ3) is 4.06. The fraction of sp³-hybridized carbons (Fsp3) is 0.222. The first-order chi connectivity index (χ1) is 13.1. The Hall–Kier alpha value is -2.58. The molecule has 0 atom stereocenters. The largest absolute Gasteiger partial charge is 0.497 e. The molecular formula is C18H19ClN4O3S. The Kier molecular flexibility index (Phi) is 5.98. The Bertz CT molecular complexity index is 948. The van der Waals surface area contributed by atoms with Gasteiger partial charge in [-0.15, -0.1) is 10.2 Å². The SMILES string of the molecule is COc1ccc(-c2nnc(SCc3cc(Cl)ccc3OC)n2N)c(OC)c1. The number of benzene rings is 2. The first kappa shape index (κ1) is 19.2. The molecule has 142 valence electrons. The summed E-state index contributed by atoms with van der Waals surface area (Å²) < 4.78 is 17.5. The van der Waals surface area contributed by atoms with Gasteiger partial charge in [-0.1, -0.05) is 23.4 Å². The second kappa shape index (κ2) is 8.41. The molecule has 0 amide bonds. The minimum atomic E-state index is 0.495. The van der Waals surface area contributed by atoms with Crippen molar-refractivity contribution >= 4 is 23.4 Å². The molecule has 2 aromatic carbocycles. The van der Waals surface area contributed by atoms with Gasteiger partial charge >= 0.3 is 0 Å². The molecule has 0 fully saturated rings. The standard InChI is InChI=1S/C18H19ClN4O3S/c1-24-13-5-6-14(16(9-13)26-3)17-21-22-18(23(17)20)27-10-11-8-12(19)4-7-15(11)25-2/h4-9H,10,20H2,1-3H3. The van der Waals surface area contributed by atoms with E-state index < -0.39 is 0 Å². The van der Waals surface area contributed by atoms with Crippen LogP contribution in [0.25, 0.3) is 11.4 Å². The quantitative estimate of drug-likeness (QED) is 0.473. The lowest BCUT2D eigenvalue weighted by molar-refractivity contribution is 0.395. The third-order valence-corrected chi connectivity index (χ3v) is 5.14. The normalized spacial score (nSPS) is 10.7. The lowest BCUT2D eigenvalue weighted by Crippen LogP contribution is -2.12. The van der Waals surface area contributed by atoms with Crippen molar-refractivity contribution in [2.75, 3.05) is 27.2 Å². The number of methoxy groups -OCH3 is 3. The van der Waals surface area contributed by atoms with E-state index in [1.165, 1.54) is 16.4 Å². The van der Waals surface area contributed by atoms with Gasteiger partial charge in [0, 0.05) is 22.4 Å². The number of nitrogen functional groups attached to an aromatic ring is 1. The van der Waals surface area contributed by atoms with Gasteiger partial charge in [0.25, 0.3) is 0 Å². The second-order valence-electron chi connectivity index (χ2n) is 5.49. The summed E-state index contributed by atoms with van der Waals surface area (Å²) in [6.07, 6.45) is 0. The molecule has 7 nitrogen and oxygen atoms in total. The Morgan fingerprint density at radius 2 is 1.78 bits per heavy atom. The molecule has 3 rings (SSSR count). The number of hydrogen-bond donors (Lipinski definition) is 1. The molecule has 0 unspecified atom stereocenters. The van der Waals surface area contributed by atoms with Crippen LogP contribution in [0.5, 0.6) is 17.2 Å². The molecule has 0 aliphatic heterocycles. The van der Waals surface area contributed by atoms with E-state index in [-0.39, 0.29) is 0 Å². The molecule has 0 saturated heterocycles. The predicted octanol–water partition coefficient (Wildman–Crippen LogP) is 3.63. The molecule has 27 heavy (non-hydrogen) atoms. The van der Waals surface area contributed by atoms with Crippen LogP contribution in [0.2, 0.25) is 5.02 Å². The summed E-state index contributed by atoms with van der Waals surface area (Å²) in [7, 11) is 4.80. The van der Waals surface area contributed by atoms with E-state index in [0.717, 1.165) is 16.9 Å². The number of ether oxygens (including phenoxy) is 3. The summed E-state index contributed by atoms with van der Waals surface area (Å²) in [6.45, 7) is 0. The van der Waals surface area contributed by atoms with Crippen LogP contribution in [0.4, 0.5) is 0 Å². The summed E-state index contributed by atoms with van der Waals surface area (Å²) in [6, 6.07) is 10.9. The first-order valence-corrected chi connectivity index (χ1v) is 9.31. The van der Waals surface area contributed by atoms with Gasteiger partial charge in [0.15, 0.2) is 5.82 Å². The van der Waals surface area contributed by atoms with E-state index in [1.807, 2.05) is 24.3 Å². The lowest BCUT2D eigenvalue weighted by atomic mass is 10.2. The van der Waals surface area contributed by atoms with Crippen molar-refractivity contribution in [1.29, 1.82) is 0 Å². The molecule has 9 heteroatoms. The number of nitrogens with two attached hydrogens (primary N) is 1. The summed E-state index contributed by atoms with van der Waals surface area (Å²) in [5, 5.41) is 9.61. The van der Waals surface area contributed by atoms with Gasteiger partial charge in [0.05, 0.1) is 26.9 Å². The maximum atomic E-state index is 6.22. The molecule has 1 heterocycles. The Balaban J connectivity index is 1.85. The lowest BCUT2D eigenvalue weighted by Gasteiger charge is -2.10.